The highest BCUT2D eigenvalue weighted by Gasteiger charge is 2.27. The molecule has 1 unspecified atom stereocenters. The van der Waals surface area contributed by atoms with Crippen molar-refractivity contribution in [2.24, 2.45) is 0 Å². The van der Waals surface area contributed by atoms with Crippen molar-refractivity contribution in [3.8, 4) is 0 Å². The Morgan fingerprint density at radius 3 is 2.37 bits per heavy atom. The van der Waals surface area contributed by atoms with E-state index in [4.69, 9.17) is 0 Å². The summed E-state index contributed by atoms with van der Waals surface area (Å²) in [4.78, 5) is 9.58. The van der Waals surface area contributed by atoms with Crippen molar-refractivity contribution in [1.29, 1.82) is 0 Å². The van der Waals surface area contributed by atoms with E-state index in [-0.39, 0.29) is 0 Å². The molecule has 0 bridgehead atoms. The van der Waals surface area contributed by atoms with Gasteiger partial charge in [0.1, 0.15) is 0 Å². The lowest BCUT2D eigenvalue weighted by molar-refractivity contribution is 0.218. The summed E-state index contributed by atoms with van der Waals surface area (Å²) in [6, 6.07) is 4.44. The lowest BCUT2D eigenvalue weighted by Crippen LogP contribution is -2.41. The van der Waals surface area contributed by atoms with Crippen LogP contribution in [0.15, 0.2) is 67.0 Å². The number of thiophene rings is 2. The molecule has 1 fully saturated rings. The Hall–Kier alpha value is -1.48. The summed E-state index contributed by atoms with van der Waals surface area (Å²) in [5, 5.41) is 6.20. The fourth-order valence-corrected chi connectivity index (χ4v) is 8.43. The van der Waals surface area contributed by atoms with Gasteiger partial charge in [-0.05, 0) is 53.9 Å². The van der Waals surface area contributed by atoms with Gasteiger partial charge in [0.05, 0.1) is 30.2 Å². The van der Waals surface area contributed by atoms with Gasteiger partial charge in [-0.2, -0.15) is 0 Å². The molecule has 3 aliphatic rings. The zero-order valence-electron chi connectivity index (χ0n) is 17.2. The van der Waals surface area contributed by atoms with Crippen LogP contribution in [-0.2, 0) is 0 Å². The van der Waals surface area contributed by atoms with Crippen LogP contribution in [0.2, 0.25) is 0 Å². The Bertz CT molecular complexity index is 967. The number of fused-ring (bicyclic) bond motifs is 2. The predicted octanol–water partition coefficient (Wildman–Crippen LogP) is 5.80. The van der Waals surface area contributed by atoms with Gasteiger partial charge in [-0.25, -0.2) is 0 Å². The highest BCUT2D eigenvalue weighted by atomic mass is 32.2. The topological polar surface area (TPSA) is 13.0 Å². The van der Waals surface area contributed by atoms with Crippen LogP contribution in [-0.4, -0.2) is 55.4 Å². The van der Waals surface area contributed by atoms with Crippen molar-refractivity contribution in [2.45, 2.75) is 20.2 Å². The first-order valence-corrected chi connectivity index (χ1v) is 13.6. The van der Waals surface area contributed by atoms with Crippen LogP contribution in [0.4, 0.5) is 11.4 Å². The molecule has 2 aromatic heterocycles. The summed E-state index contributed by atoms with van der Waals surface area (Å²) < 4.78 is 2.86. The normalized spacial score (nSPS) is 22.9. The van der Waals surface area contributed by atoms with Crippen molar-refractivity contribution in [3.63, 3.8) is 0 Å². The number of rotatable bonds is 5. The first-order valence-electron chi connectivity index (χ1n) is 10.2. The molecule has 0 saturated carbocycles. The Labute approximate surface area is 195 Å². The van der Waals surface area contributed by atoms with Crippen molar-refractivity contribution in [3.05, 3.63) is 58.5 Å². The number of nitrogens with zero attached hydrogens (tertiary/aromatic N) is 4. The monoisotopic (exact) mass is 474 g/mol. The zero-order valence-corrected chi connectivity index (χ0v) is 20.5. The third kappa shape index (κ3) is 4.15. The summed E-state index contributed by atoms with van der Waals surface area (Å²) in [6.07, 6.45) is 12.4. The quantitative estimate of drug-likeness (QED) is 0.540. The van der Waals surface area contributed by atoms with Crippen LogP contribution in [0, 0.1) is 0 Å². The van der Waals surface area contributed by atoms with E-state index in [9.17, 15) is 0 Å². The van der Waals surface area contributed by atoms with Gasteiger partial charge < -0.3 is 19.6 Å². The standard InChI is InChI=1S/C22H26N4S4/c1-23-17-7-15-27-21(17)29-19(23)5-3-9-25-11-13-26(14-12-25)10-4-6-20-24(2)18-8-16-28-22(18)30-20/h3-5,7-10,15-16,20H,6,11-14H2,1-2H3. The lowest BCUT2D eigenvalue weighted by atomic mass is 10.3. The van der Waals surface area contributed by atoms with Gasteiger partial charge in [0.15, 0.2) is 0 Å². The molecule has 30 heavy (non-hydrogen) atoms. The van der Waals surface area contributed by atoms with Gasteiger partial charge in [-0.1, -0.05) is 29.6 Å². The molecular formula is C22H26N4S4. The Morgan fingerprint density at radius 1 is 0.933 bits per heavy atom. The van der Waals surface area contributed by atoms with Crippen molar-refractivity contribution >= 4 is 57.6 Å². The minimum atomic E-state index is 0.539. The second-order valence-corrected chi connectivity index (χ2v) is 12.1. The predicted molar refractivity (Wildman–Crippen MR) is 135 cm³/mol. The molecule has 1 atom stereocenters. The first-order chi connectivity index (χ1) is 14.7. The summed E-state index contributed by atoms with van der Waals surface area (Å²) >= 11 is 7.55. The van der Waals surface area contributed by atoms with Crippen LogP contribution in [0.1, 0.15) is 6.42 Å². The molecule has 4 nitrogen and oxygen atoms in total. The molecule has 0 amide bonds. The maximum absolute atomic E-state index is 2.46. The van der Waals surface area contributed by atoms with Gasteiger partial charge in [-0.15, -0.1) is 22.7 Å². The lowest BCUT2D eigenvalue weighted by Gasteiger charge is -2.33. The number of hydrogen-bond donors (Lipinski definition) is 0. The fraction of sp³-hybridized carbons (Fsp3) is 0.364. The smallest absolute Gasteiger partial charge is 0.0897 e. The van der Waals surface area contributed by atoms with E-state index < -0.39 is 0 Å². The van der Waals surface area contributed by atoms with Gasteiger partial charge in [0, 0.05) is 40.3 Å². The minimum Gasteiger partial charge on any atom is -0.374 e. The van der Waals surface area contributed by atoms with E-state index in [0.717, 1.165) is 32.6 Å². The molecule has 8 heteroatoms. The van der Waals surface area contributed by atoms with E-state index >= 15 is 0 Å². The third-order valence-corrected chi connectivity index (χ3v) is 10.4. The number of thioether (sulfide) groups is 2. The van der Waals surface area contributed by atoms with Gasteiger partial charge in [0.2, 0.25) is 0 Å². The average molecular weight is 475 g/mol. The van der Waals surface area contributed by atoms with Gasteiger partial charge >= 0.3 is 0 Å². The molecule has 2 aromatic rings. The molecule has 158 valence electrons. The van der Waals surface area contributed by atoms with Crippen molar-refractivity contribution in [1.82, 2.24) is 9.80 Å². The Morgan fingerprint density at radius 2 is 1.63 bits per heavy atom. The van der Waals surface area contributed by atoms with E-state index in [1.54, 1.807) is 0 Å². The molecule has 0 radical (unpaired) electrons. The van der Waals surface area contributed by atoms with Crippen LogP contribution < -0.4 is 9.80 Å². The minimum absolute atomic E-state index is 0.539. The van der Waals surface area contributed by atoms with Crippen LogP contribution in [0.5, 0.6) is 0 Å². The summed E-state index contributed by atoms with van der Waals surface area (Å²) in [6.45, 7) is 4.33. The van der Waals surface area contributed by atoms with E-state index in [2.05, 4.69) is 87.2 Å². The van der Waals surface area contributed by atoms with E-state index in [1.807, 2.05) is 46.2 Å². The summed E-state index contributed by atoms with van der Waals surface area (Å²) in [7, 11) is 4.36. The second kappa shape index (κ2) is 8.94. The number of anilines is 2. The zero-order chi connectivity index (χ0) is 20.5. The van der Waals surface area contributed by atoms with E-state index in [0.29, 0.717) is 5.37 Å². The molecule has 3 aliphatic heterocycles. The molecule has 1 saturated heterocycles. The number of piperazine rings is 1. The highest BCUT2D eigenvalue weighted by molar-refractivity contribution is 8.05. The summed E-state index contributed by atoms with van der Waals surface area (Å²) in [5.74, 6) is 0. The SMILES string of the molecule is CN1C(=CC=CN2CCN(C=CCC3Sc4sccc4N3C)CC2)Sc2sccc21. The molecule has 5 heterocycles. The molecular weight excluding hydrogens is 449 g/mol. The fourth-order valence-electron chi connectivity index (χ4n) is 3.85. The Balaban J connectivity index is 1.06. The molecule has 0 spiro atoms. The molecule has 0 aliphatic carbocycles. The summed E-state index contributed by atoms with van der Waals surface area (Å²) in [5.41, 5.74) is 2.74. The first kappa shape index (κ1) is 20.4. The average Bonchev–Trinajstić information content (AvgIpc) is 3.50. The Kier molecular flexibility index (Phi) is 6.09. The maximum Gasteiger partial charge on any atom is 0.0897 e. The molecule has 5 rings (SSSR count). The van der Waals surface area contributed by atoms with Crippen molar-refractivity contribution in [2.75, 3.05) is 50.1 Å². The second-order valence-electron chi connectivity index (χ2n) is 7.57. The van der Waals surface area contributed by atoms with Gasteiger partial charge in [-0.3, -0.25) is 0 Å². The maximum atomic E-state index is 2.46. The largest absolute Gasteiger partial charge is 0.374 e. The van der Waals surface area contributed by atoms with E-state index in [1.165, 1.54) is 24.8 Å². The van der Waals surface area contributed by atoms with Crippen LogP contribution in [0.25, 0.3) is 0 Å². The van der Waals surface area contributed by atoms with Gasteiger partial charge in [0.25, 0.3) is 0 Å². The van der Waals surface area contributed by atoms with Crippen LogP contribution >= 0.6 is 46.2 Å². The number of allylic oxidation sites excluding steroid dienone is 2. The number of hydrogen-bond acceptors (Lipinski definition) is 8. The van der Waals surface area contributed by atoms with Crippen LogP contribution in [0.3, 0.4) is 0 Å². The third-order valence-electron chi connectivity index (χ3n) is 5.70. The molecule has 0 N–H and O–H groups in total. The highest BCUT2D eigenvalue weighted by Crippen LogP contribution is 2.48. The van der Waals surface area contributed by atoms with Crippen molar-refractivity contribution < 1.29 is 0 Å². The molecule has 0 aromatic carbocycles.